The van der Waals surface area contributed by atoms with Crippen molar-refractivity contribution in [3.8, 4) is 0 Å². The Bertz CT molecular complexity index is 369. The zero-order chi connectivity index (χ0) is 13.0. The van der Waals surface area contributed by atoms with Crippen LogP contribution in [-0.4, -0.2) is 37.0 Å². The molecule has 1 fully saturated rings. The van der Waals surface area contributed by atoms with Crippen molar-refractivity contribution in [1.29, 1.82) is 0 Å². The van der Waals surface area contributed by atoms with Gasteiger partial charge < -0.3 is 19.3 Å². The highest BCUT2D eigenvalue weighted by Gasteiger charge is 2.30. The van der Waals surface area contributed by atoms with Crippen molar-refractivity contribution < 1.29 is 14.0 Å². The fraction of sp³-hybridized carbons (Fsp3) is 0.833. The molecule has 1 N–H and O–H groups in total. The first-order chi connectivity index (χ1) is 8.78. The lowest BCUT2D eigenvalue weighted by atomic mass is 10.2. The zero-order valence-electron chi connectivity index (χ0n) is 11.2. The van der Waals surface area contributed by atoms with Crippen LogP contribution in [0.4, 0.5) is 0 Å². The molecule has 18 heavy (non-hydrogen) atoms. The lowest BCUT2D eigenvalue weighted by molar-refractivity contribution is 0.0854. The number of ether oxygens (including phenoxy) is 2. The van der Waals surface area contributed by atoms with Gasteiger partial charge in [0.1, 0.15) is 6.10 Å². The number of aromatic nitrogens is 2. The molecule has 0 radical (unpaired) electrons. The summed E-state index contributed by atoms with van der Waals surface area (Å²) in [6.45, 7) is 2.93. The van der Waals surface area contributed by atoms with Crippen LogP contribution in [0.15, 0.2) is 4.52 Å². The molecule has 3 unspecified atom stereocenters. The lowest BCUT2D eigenvalue weighted by Gasteiger charge is -2.08. The minimum atomic E-state index is -0.0767. The van der Waals surface area contributed by atoms with Crippen molar-refractivity contribution in [3.05, 3.63) is 11.7 Å². The second kappa shape index (κ2) is 6.26. The van der Waals surface area contributed by atoms with Gasteiger partial charge in [-0.1, -0.05) is 18.5 Å². The van der Waals surface area contributed by atoms with Crippen molar-refractivity contribution in [2.24, 2.45) is 0 Å². The van der Waals surface area contributed by atoms with Gasteiger partial charge in [-0.3, -0.25) is 0 Å². The summed E-state index contributed by atoms with van der Waals surface area (Å²) in [5.41, 5.74) is 0. The van der Waals surface area contributed by atoms with E-state index < -0.39 is 0 Å². The molecule has 0 amide bonds. The largest absolute Gasteiger partial charge is 0.380 e. The van der Waals surface area contributed by atoms with Gasteiger partial charge in [0.05, 0.1) is 12.1 Å². The fourth-order valence-electron chi connectivity index (χ4n) is 2.21. The van der Waals surface area contributed by atoms with E-state index in [1.165, 1.54) is 0 Å². The maximum Gasteiger partial charge on any atom is 0.243 e. The molecule has 0 aromatic carbocycles. The summed E-state index contributed by atoms with van der Waals surface area (Å²) >= 11 is 0. The number of hydrogen-bond acceptors (Lipinski definition) is 6. The molecule has 6 heteroatoms. The molecule has 1 aliphatic heterocycles. The Labute approximate surface area is 107 Å². The molecule has 1 aromatic heterocycles. The minimum absolute atomic E-state index is 0.0767. The molecule has 2 heterocycles. The molecule has 0 bridgehead atoms. The van der Waals surface area contributed by atoms with E-state index in [9.17, 15) is 0 Å². The molecular weight excluding hydrogens is 234 g/mol. The minimum Gasteiger partial charge on any atom is -0.380 e. The predicted octanol–water partition coefficient (Wildman–Crippen LogP) is 1.61. The normalized spacial score (nSPS) is 25.5. The smallest absolute Gasteiger partial charge is 0.243 e. The third-order valence-electron chi connectivity index (χ3n) is 3.30. The Balaban J connectivity index is 2.01. The molecule has 0 spiro atoms. The predicted molar refractivity (Wildman–Crippen MR) is 65.1 cm³/mol. The Morgan fingerprint density at radius 2 is 2.33 bits per heavy atom. The number of hydrogen-bond donors (Lipinski definition) is 1. The van der Waals surface area contributed by atoms with Crippen LogP contribution in [0, 0.1) is 0 Å². The first kappa shape index (κ1) is 13.5. The summed E-state index contributed by atoms with van der Waals surface area (Å²) in [5, 5.41) is 7.32. The van der Waals surface area contributed by atoms with Gasteiger partial charge >= 0.3 is 0 Å². The molecule has 1 aromatic rings. The van der Waals surface area contributed by atoms with Crippen molar-refractivity contribution in [1.82, 2.24) is 15.5 Å². The standard InChI is InChI=1S/C12H21N3O3/c1-4-5-10(17-3)11-14-12(18-15-11)9-6-8(16-2)7-13-9/h8-10,13H,4-7H2,1-3H3. The summed E-state index contributed by atoms with van der Waals surface area (Å²) in [6.07, 6.45) is 2.93. The van der Waals surface area contributed by atoms with Crippen molar-refractivity contribution in [2.75, 3.05) is 20.8 Å². The third-order valence-corrected chi connectivity index (χ3v) is 3.30. The molecule has 102 valence electrons. The number of rotatable bonds is 6. The van der Waals surface area contributed by atoms with E-state index in [4.69, 9.17) is 14.0 Å². The number of nitrogens with one attached hydrogen (secondary N) is 1. The topological polar surface area (TPSA) is 69.4 Å². The molecule has 1 saturated heterocycles. The molecule has 1 aliphatic rings. The average molecular weight is 255 g/mol. The maximum atomic E-state index is 5.36. The van der Waals surface area contributed by atoms with Crippen LogP contribution in [0.3, 0.4) is 0 Å². The van der Waals surface area contributed by atoms with E-state index in [1.807, 2.05) is 0 Å². The zero-order valence-corrected chi connectivity index (χ0v) is 11.2. The van der Waals surface area contributed by atoms with Crippen LogP contribution in [0.1, 0.15) is 50.0 Å². The second-order valence-corrected chi connectivity index (χ2v) is 4.56. The van der Waals surface area contributed by atoms with Crippen molar-refractivity contribution >= 4 is 0 Å². The van der Waals surface area contributed by atoms with Gasteiger partial charge in [-0.15, -0.1) is 0 Å². The molecular formula is C12H21N3O3. The summed E-state index contributed by atoms with van der Waals surface area (Å²) in [7, 11) is 3.39. The van der Waals surface area contributed by atoms with Crippen LogP contribution in [-0.2, 0) is 9.47 Å². The van der Waals surface area contributed by atoms with Gasteiger partial charge in [0.25, 0.3) is 0 Å². The van der Waals surface area contributed by atoms with Gasteiger partial charge in [0.15, 0.2) is 0 Å². The highest BCUT2D eigenvalue weighted by Crippen LogP contribution is 2.26. The van der Waals surface area contributed by atoms with Crippen LogP contribution in [0.2, 0.25) is 0 Å². The molecule has 2 rings (SSSR count). The summed E-state index contributed by atoms with van der Waals surface area (Å²) in [5.74, 6) is 1.26. The van der Waals surface area contributed by atoms with E-state index in [2.05, 4.69) is 22.4 Å². The van der Waals surface area contributed by atoms with E-state index in [0.717, 1.165) is 25.8 Å². The summed E-state index contributed by atoms with van der Waals surface area (Å²) in [4.78, 5) is 4.43. The highest BCUT2D eigenvalue weighted by atomic mass is 16.5. The van der Waals surface area contributed by atoms with E-state index in [0.29, 0.717) is 11.7 Å². The highest BCUT2D eigenvalue weighted by molar-refractivity contribution is 4.99. The molecule has 3 atom stereocenters. The fourth-order valence-corrected chi connectivity index (χ4v) is 2.21. The van der Waals surface area contributed by atoms with Crippen molar-refractivity contribution in [3.63, 3.8) is 0 Å². The molecule has 0 saturated carbocycles. The van der Waals surface area contributed by atoms with Crippen LogP contribution in [0.25, 0.3) is 0 Å². The van der Waals surface area contributed by atoms with Crippen LogP contribution < -0.4 is 5.32 Å². The number of methoxy groups -OCH3 is 2. The monoisotopic (exact) mass is 255 g/mol. The first-order valence-corrected chi connectivity index (χ1v) is 6.41. The van der Waals surface area contributed by atoms with Gasteiger partial charge in [0, 0.05) is 20.8 Å². The van der Waals surface area contributed by atoms with Gasteiger partial charge in [-0.05, 0) is 12.8 Å². The Morgan fingerprint density at radius 1 is 1.50 bits per heavy atom. The molecule has 0 aliphatic carbocycles. The quantitative estimate of drug-likeness (QED) is 0.832. The van der Waals surface area contributed by atoms with E-state index >= 15 is 0 Å². The van der Waals surface area contributed by atoms with Crippen LogP contribution in [0.5, 0.6) is 0 Å². The second-order valence-electron chi connectivity index (χ2n) is 4.56. The SMILES string of the molecule is CCCC(OC)c1noc(C2CC(OC)CN2)n1. The van der Waals surface area contributed by atoms with E-state index in [1.54, 1.807) is 14.2 Å². The van der Waals surface area contributed by atoms with E-state index in [-0.39, 0.29) is 18.2 Å². The lowest BCUT2D eigenvalue weighted by Crippen LogP contribution is -2.16. The average Bonchev–Trinajstić information content (AvgIpc) is 3.03. The van der Waals surface area contributed by atoms with Gasteiger partial charge in [-0.25, -0.2) is 0 Å². The van der Waals surface area contributed by atoms with Gasteiger partial charge in [0.2, 0.25) is 11.7 Å². The summed E-state index contributed by atoms with van der Waals surface area (Å²) < 4.78 is 16.0. The number of nitrogens with zero attached hydrogens (tertiary/aromatic N) is 2. The van der Waals surface area contributed by atoms with Crippen LogP contribution >= 0.6 is 0 Å². The molecule has 6 nitrogen and oxygen atoms in total. The summed E-state index contributed by atoms with van der Waals surface area (Å²) in [6, 6.07) is 0.0929. The Hall–Kier alpha value is -0.980. The Kier molecular flexibility index (Phi) is 4.68. The van der Waals surface area contributed by atoms with Gasteiger partial charge in [-0.2, -0.15) is 4.98 Å². The Morgan fingerprint density at radius 3 is 2.94 bits per heavy atom. The third kappa shape index (κ3) is 2.88. The van der Waals surface area contributed by atoms with Crippen molar-refractivity contribution in [2.45, 2.75) is 44.4 Å². The maximum absolute atomic E-state index is 5.36. The first-order valence-electron chi connectivity index (χ1n) is 6.41.